The number of carbonyl (C=O) groups excluding carboxylic acids is 1. The number of nitrogens with zero attached hydrogens (tertiary/aromatic N) is 2. The molecule has 6 nitrogen and oxygen atoms in total. The van der Waals surface area contributed by atoms with E-state index in [1.165, 1.54) is 22.9 Å². The van der Waals surface area contributed by atoms with E-state index in [9.17, 15) is 4.79 Å². The van der Waals surface area contributed by atoms with Gasteiger partial charge in [0.25, 0.3) is 5.22 Å². The Morgan fingerprint density at radius 2 is 1.83 bits per heavy atom. The number of carbonyl (C=O) groups is 1. The van der Waals surface area contributed by atoms with Gasteiger partial charge in [0.2, 0.25) is 5.89 Å². The Kier molecular flexibility index (Phi) is 5.58. The maximum absolute atomic E-state index is 12.8. The van der Waals surface area contributed by atoms with Crippen molar-refractivity contribution in [3.63, 3.8) is 0 Å². The van der Waals surface area contributed by atoms with Gasteiger partial charge in [-0.15, -0.1) is 10.2 Å². The molecule has 4 rings (SSSR count). The Morgan fingerprint density at radius 1 is 1.03 bits per heavy atom. The number of hydrogen-bond donors (Lipinski definition) is 0. The van der Waals surface area contributed by atoms with Gasteiger partial charge in [0.15, 0.2) is 17.3 Å². The number of thioether (sulfide) groups is 1. The fourth-order valence-corrected chi connectivity index (χ4v) is 4.27. The normalized spacial score (nSPS) is 13.8. The minimum atomic E-state index is -0.326. The van der Waals surface area contributed by atoms with Gasteiger partial charge in [0.1, 0.15) is 0 Å². The van der Waals surface area contributed by atoms with Gasteiger partial charge in [-0.05, 0) is 61.6 Å². The Balaban J connectivity index is 1.48. The number of aryl methyl sites for hydroxylation is 2. The van der Waals surface area contributed by atoms with Crippen LogP contribution in [0.15, 0.2) is 46.0 Å². The molecule has 1 aliphatic rings. The van der Waals surface area contributed by atoms with Gasteiger partial charge in [-0.25, -0.2) is 0 Å². The lowest BCUT2D eigenvalue weighted by molar-refractivity contribution is 0.0993. The molecule has 1 heterocycles. The van der Waals surface area contributed by atoms with E-state index < -0.39 is 0 Å². The lowest BCUT2D eigenvalue weighted by Gasteiger charge is -2.09. The van der Waals surface area contributed by atoms with E-state index in [2.05, 4.69) is 16.3 Å². The minimum Gasteiger partial charge on any atom is -0.493 e. The van der Waals surface area contributed by atoms with Crippen LogP contribution in [0.25, 0.3) is 11.5 Å². The van der Waals surface area contributed by atoms with E-state index in [1.54, 1.807) is 26.4 Å². The SMILES string of the molecule is COc1ccc(-c2nnc(S[C@H](C)C(=O)c3ccc4c(c3)CCC4)o2)cc1OC. The molecule has 2 aromatic carbocycles. The van der Waals surface area contributed by atoms with Crippen molar-refractivity contribution in [1.82, 2.24) is 10.2 Å². The van der Waals surface area contributed by atoms with E-state index in [-0.39, 0.29) is 11.0 Å². The second-order valence-corrected chi connectivity index (χ2v) is 8.20. The molecule has 0 amide bonds. The molecule has 0 unspecified atom stereocenters. The van der Waals surface area contributed by atoms with Crippen LogP contribution in [-0.2, 0) is 12.8 Å². The third-order valence-electron chi connectivity index (χ3n) is 5.07. The summed E-state index contributed by atoms with van der Waals surface area (Å²) in [5, 5.41) is 8.22. The molecule has 0 fully saturated rings. The highest BCUT2D eigenvalue weighted by molar-refractivity contribution is 8.00. The number of Topliss-reactive ketones (excluding diaryl/α,β-unsaturated/α-hetero) is 1. The van der Waals surface area contributed by atoms with Gasteiger partial charge in [-0.2, -0.15) is 0 Å². The summed E-state index contributed by atoms with van der Waals surface area (Å²) in [6, 6.07) is 11.4. The number of benzene rings is 2. The molecule has 1 atom stereocenters. The summed E-state index contributed by atoms with van der Waals surface area (Å²) in [5.74, 6) is 1.64. The zero-order chi connectivity index (χ0) is 20.4. The molecule has 29 heavy (non-hydrogen) atoms. The highest BCUT2D eigenvalue weighted by Crippen LogP contribution is 2.33. The minimum absolute atomic E-state index is 0.0653. The van der Waals surface area contributed by atoms with Crippen LogP contribution in [-0.4, -0.2) is 35.5 Å². The molecule has 0 saturated heterocycles. The average Bonchev–Trinajstić information content (AvgIpc) is 3.41. The van der Waals surface area contributed by atoms with Gasteiger partial charge in [0.05, 0.1) is 19.5 Å². The molecule has 1 aliphatic carbocycles. The summed E-state index contributed by atoms with van der Waals surface area (Å²) in [6.07, 6.45) is 3.32. The molecule has 0 radical (unpaired) electrons. The Bertz CT molecular complexity index is 1050. The van der Waals surface area contributed by atoms with E-state index >= 15 is 0 Å². The third-order valence-corrected chi connectivity index (χ3v) is 6.00. The molecule has 0 bridgehead atoms. The van der Waals surface area contributed by atoms with Crippen LogP contribution >= 0.6 is 11.8 Å². The van der Waals surface area contributed by atoms with E-state index in [0.29, 0.717) is 22.6 Å². The fraction of sp³-hybridized carbons (Fsp3) is 0.318. The van der Waals surface area contributed by atoms with Crippen molar-refractivity contribution in [2.24, 2.45) is 0 Å². The molecule has 0 aliphatic heterocycles. The second kappa shape index (κ2) is 8.29. The van der Waals surface area contributed by atoms with Gasteiger partial charge >= 0.3 is 0 Å². The summed E-state index contributed by atoms with van der Waals surface area (Å²) < 4.78 is 16.3. The summed E-state index contributed by atoms with van der Waals surface area (Å²) in [6.45, 7) is 1.86. The van der Waals surface area contributed by atoms with Crippen LogP contribution in [0.5, 0.6) is 11.5 Å². The first-order valence-corrected chi connectivity index (χ1v) is 10.4. The first-order chi connectivity index (χ1) is 14.1. The number of ketones is 1. The Morgan fingerprint density at radius 3 is 2.62 bits per heavy atom. The Hall–Kier alpha value is -2.80. The molecular formula is C22H22N2O4S. The van der Waals surface area contributed by atoms with Crippen molar-refractivity contribution in [3.8, 4) is 23.0 Å². The molecule has 7 heteroatoms. The molecular weight excluding hydrogens is 388 g/mol. The van der Waals surface area contributed by atoms with E-state index in [0.717, 1.165) is 30.4 Å². The summed E-state index contributed by atoms with van der Waals surface area (Å²) in [4.78, 5) is 12.8. The van der Waals surface area contributed by atoms with Gasteiger partial charge in [0, 0.05) is 11.1 Å². The van der Waals surface area contributed by atoms with Crippen molar-refractivity contribution < 1.29 is 18.7 Å². The highest BCUT2D eigenvalue weighted by atomic mass is 32.2. The zero-order valence-electron chi connectivity index (χ0n) is 16.6. The van der Waals surface area contributed by atoms with Crippen LogP contribution in [0.1, 0.15) is 34.8 Å². The lowest BCUT2D eigenvalue weighted by atomic mass is 10.0. The quantitative estimate of drug-likeness (QED) is 0.416. The summed E-state index contributed by atoms with van der Waals surface area (Å²) in [7, 11) is 3.15. The number of aromatic nitrogens is 2. The molecule has 3 aromatic rings. The highest BCUT2D eigenvalue weighted by Gasteiger charge is 2.22. The van der Waals surface area contributed by atoms with Gasteiger partial charge in [-0.3, -0.25) is 4.79 Å². The predicted molar refractivity (Wildman–Crippen MR) is 111 cm³/mol. The number of methoxy groups -OCH3 is 2. The molecule has 0 saturated carbocycles. The van der Waals surface area contributed by atoms with Crippen LogP contribution in [0.2, 0.25) is 0 Å². The Labute approximate surface area is 173 Å². The maximum atomic E-state index is 12.8. The van der Waals surface area contributed by atoms with Crippen molar-refractivity contribution in [1.29, 1.82) is 0 Å². The third kappa shape index (κ3) is 4.00. The largest absolute Gasteiger partial charge is 0.493 e. The fourth-order valence-electron chi connectivity index (χ4n) is 3.51. The second-order valence-electron chi connectivity index (χ2n) is 6.90. The van der Waals surface area contributed by atoms with Crippen molar-refractivity contribution in [2.45, 2.75) is 36.7 Å². The van der Waals surface area contributed by atoms with Crippen molar-refractivity contribution >= 4 is 17.5 Å². The number of rotatable bonds is 7. The topological polar surface area (TPSA) is 74.5 Å². The maximum Gasteiger partial charge on any atom is 0.277 e. The zero-order valence-corrected chi connectivity index (χ0v) is 17.4. The lowest BCUT2D eigenvalue weighted by Crippen LogP contribution is -2.13. The standard InChI is InChI=1S/C22H22N2O4S/c1-13(20(25)16-8-7-14-5-4-6-15(14)11-16)29-22-24-23-21(28-22)17-9-10-18(26-2)19(12-17)27-3/h7-13H,4-6H2,1-3H3/t13-/m1/s1. The predicted octanol–water partition coefficient (Wildman–Crippen LogP) is 4.61. The van der Waals surface area contributed by atoms with Gasteiger partial charge < -0.3 is 13.9 Å². The number of ether oxygens (including phenoxy) is 2. The molecule has 0 spiro atoms. The van der Waals surface area contributed by atoms with Crippen LogP contribution in [0.3, 0.4) is 0 Å². The number of hydrogen-bond acceptors (Lipinski definition) is 7. The average molecular weight is 410 g/mol. The molecule has 150 valence electrons. The smallest absolute Gasteiger partial charge is 0.277 e. The van der Waals surface area contributed by atoms with Crippen molar-refractivity contribution in [2.75, 3.05) is 14.2 Å². The van der Waals surface area contributed by atoms with Crippen LogP contribution < -0.4 is 9.47 Å². The summed E-state index contributed by atoms with van der Waals surface area (Å²) >= 11 is 1.27. The van der Waals surface area contributed by atoms with Crippen LogP contribution in [0, 0.1) is 0 Å². The first kappa shape index (κ1) is 19.5. The monoisotopic (exact) mass is 410 g/mol. The van der Waals surface area contributed by atoms with Gasteiger partial charge in [-0.1, -0.05) is 23.9 Å². The van der Waals surface area contributed by atoms with E-state index in [1.807, 2.05) is 25.1 Å². The van der Waals surface area contributed by atoms with Crippen LogP contribution in [0.4, 0.5) is 0 Å². The summed E-state index contributed by atoms with van der Waals surface area (Å²) in [5.41, 5.74) is 4.12. The number of fused-ring (bicyclic) bond motifs is 1. The van der Waals surface area contributed by atoms with Crippen molar-refractivity contribution in [3.05, 3.63) is 53.1 Å². The molecule has 1 aromatic heterocycles. The molecule has 0 N–H and O–H groups in total. The first-order valence-electron chi connectivity index (χ1n) is 9.47. The van der Waals surface area contributed by atoms with E-state index in [4.69, 9.17) is 13.9 Å².